The monoisotopic (exact) mass is 383 g/mol. The van der Waals surface area contributed by atoms with Crippen LogP contribution in [0.5, 0.6) is 11.5 Å². The van der Waals surface area contributed by atoms with Gasteiger partial charge in [0.25, 0.3) is 0 Å². The minimum absolute atomic E-state index is 0.0637. The summed E-state index contributed by atoms with van der Waals surface area (Å²) in [7, 11) is 1.49. The highest BCUT2D eigenvalue weighted by Crippen LogP contribution is 2.43. The number of pyridine rings is 1. The highest BCUT2D eigenvalue weighted by atomic mass is 19.3. The molecule has 0 spiro atoms. The van der Waals surface area contributed by atoms with Crippen LogP contribution in [-0.4, -0.2) is 23.1 Å². The number of benzene rings is 1. The minimum Gasteiger partial charge on any atom is -0.496 e. The number of imidazole rings is 1. The quantitative estimate of drug-likeness (QED) is 0.631. The number of nitriles is 1. The summed E-state index contributed by atoms with van der Waals surface area (Å²) in [5, 5.41) is 9.57. The highest BCUT2D eigenvalue weighted by molar-refractivity contribution is 5.69. The summed E-state index contributed by atoms with van der Waals surface area (Å²) in [6.45, 7) is -1.26. The fourth-order valence-electron chi connectivity index (χ4n) is 3.73. The van der Waals surface area contributed by atoms with Gasteiger partial charge in [-0.2, -0.15) is 14.0 Å². The third-order valence-electron chi connectivity index (χ3n) is 5.53. The van der Waals surface area contributed by atoms with Crippen molar-refractivity contribution in [1.29, 1.82) is 5.26 Å². The second-order valence-electron chi connectivity index (χ2n) is 7.01. The van der Waals surface area contributed by atoms with Crippen LogP contribution in [0.15, 0.2) is 36.7 Å². The van der Waals surface area contributed by atoms with E-state index in [4.69, 9.17) is 4.74 Å². The molecule has 1 aliphatic carbocycles. The smallest absolute Gasteiger partial charge is 0.387 e. The number of alkyl halides is 2. The molecule has 7 heteroatoms. The molecule has 0 atom stereocenters. The number of aromatic nitrogens is 2. The van der Waals surface area contributed by atoms with E-state index in [1.807, 2.05) is 22.7 Å². The fraction of sp³-hybridized carbons (Fsp3) is 0.333. The Labute approximate surface area is 161 Å². The molecule has 1 aliphatic rings. The molecule has 5 nitrogen and oxygen atoms in total. The van der Waals surface area contributed by atoms with Gasteiger partial charge in [0, 0.05) is 17.3 Å². The van der Waals surface area contributed by atoms with Crippen molar-refractivity contribution in [2.24, 2.45) is 0 Å². The lowest BCUT2D eigenvalue weighted by Gasteiger charge is -2.35. The Morgan fingerprint density at radius 1 is 1.25 bits per heavy atom. The molecule has 144 valence electrons. The van der Waals surface area contributed by atoms with Crippen molar-refractivity contribution in [1.82, 2.24) is 9.38 Å². The van der Waals surface area contributed by atoms with Crippen LogP contribution < -0.4 is 9.47 Å². The summed E-state index contributed by atoms with van der Waals surface area (Å²) < 4.78 is 37.4. The summed E-state index contributed by atoms with van der Waals surface area (Å²) in [6, 6.07) is 9.63. The third-order valence-corrected chi connectivity index (χ3v) is 5.53. The number of ether oxygens (including phenoxy) is 2. The van der Waals surface area contributed by atoms with E-state index in [-0.39, 0.29) is 5.75 Å². The largest absolute Gasteiger partial charge is 0.496 e. The van der Waals surface area contributed by atoms with Crippen molar-refractivity contribution in [2.75, 3.05) is 7.11 Å². The first-order valence-corrected chi connectivity index (χ1v) is 9.00. The maximum absolute atomic E-state index is 12.8. The Kier molecular flexibility index (Phi) is 4.42. The summed E-state index contributed by atoms with van der Waals surface area (Å²) in [5.41, 5.74) is 3.12. The Hall–Kier alpha value is -3.14. The second kappa shape index (κ2) is 6.79. The van der Waals surface area contributed by atoms with Gasteiger partial charge >= 0.3 is 6.61 Å². The molecule has 0 amide bonds. The normalized spacial score (nSPS) is 15.3. The van der Waals surface area contributed by atoms with Gasteiger partial charge in [0.1, 0.15) is 17.1 Å². The molecule has 0 saturated heterocycles. The SMILES string of the molecule is COc1cc(-c2cnc3cc(C4(C#N)CCC4)ccn23)cc(OC(F)F)c1C. The number of halogens is 2. The number of fused-ring (bicyclic) bond motifs is 1. The number of hydrogen-bond acceptors (Lipinski definition) is 4. The van der Waals surface area contributed by atoms with Gasteiger partial charge in [0.05, 0.1) is 30.5 Å². The highest BCUT2D eigenvalue weighted by Gasteiger charge is 2.39. The molecule has 1 aromatic carbocycles. The molecular weight excluding hydrogens is 364 g/mol. The summed E-state index contributed by atoms with van der Waals surface area (Å²) >= 11 is 0. The van der Waals surface area contributed by atoms with Gasteiger partial charge in [-0.3, -0.25) is 4.40 Å². The third kappa shape index (κ3) is 2.85. The summed E-state index contributed by atoms with van der Waals surface area (Å²) in [5.74, 6) is 0.520. The van der Waals surface area contributed by atoms with E-state index in [0.717, 1.165) is 30.5 Å². The maximum Gasteiger partial charge on any atom is 0.387 e. The minimum atomic E-state index is -2.92. The van der Waals surface area contributed by atoms with E-state index in [1.54, 1.807) is 25.3 Å². The van der Waals surface area contributed by atoms with E-state index in [1.165, 1.54) is 7.11 Å². The van der Waals surface area contributed by atoms with Gasteiger partial charge in [-0.15, -0.1) is 0 Å². The lowest BCUT2D eigenvalue weighted by molar-refractivity contribution is -0.0503. The lowest BCUT2D eigenvalue weighted by Crippen LogP contribution is -2.32. The van der Waals surface area contributed by atoms with Crippen LogP contribution >= 0.6 is 0 Å². The van der Waals surface area contributed by atoms with Gasteiger partial charge in [-0.1, -0.05) is 0 Å². The fourth-order valence-corrected chi connectivity index (χ4v) is 3.73. The Bertz CT molecular complexity index is 1080. The summed E-state index contributed by atoms with van der Waals surface area (Å²) in [6.07, 6.45) is 6.31. The van der Waals surface area contributed by atoms with Gasteiger partial charge in [-0.25, -0.2) is 4.98 Å². The Balaban J connectivity index is 1.80. The van der Waals surface area contributed by atoms with Crippen LogP contribution in [0.4, 0.5) is 8.78 Å². The molecule has 1 fully saturated rings. The number of rotatable bonds is 5. The Morgan fingerprint density at radius 2 is 2.00 bits per heavy atom. The van der Waals surface area contributed by atoms with E-state index >= 15 is 0 Å². The van der Waals surface area contributed by atoms with Gasteiger partial charge in [-0.05, 0) is 56.0 Å². The average molecular weight is 383 g/mol. The van der Waals surface area contributed by atoms with Crippen molar-refractivity contribution < 1.29 is 18.3 Å². The Morgan fingerprint density at radius 3 is 2.61 bits per heavy atom. The zero-order valence-corrected chi connectivity index (χ0v) is 15.6. The van der Waals surface area contributed by atoms with Gasteiger partial charge < -0.3 is 9.47 Å². The van der Waals surface area contributed by atoms with Crippen molar-refractivity contribution in [3.05, 3.63) is 47.8 Å². The molecular formula is C21H19F2N3O2. The van der Waals surface area contributed by atoms with Crippen molar-refractivity contribution >= 4 is 5.65 Å². The lowest BCUT2D eigenvalue weighted by atomic mass is 9.66. The second-order valence-corrected chi connectivity index (χ2v) is 7.01. The van der Waals surface area contributed by atoms with Crippen LogP contribution in [0.3, 0.4) is 0 Å². The molecule has 2 aromatic heterocycles. The number of methoxy groups -OCH3 is 1. The zero-order chi connectivity index (χ0) is 19.9. The maximum atomic E-state index is 12.8. The van der Waals surface area contributed by atoms with E-state index < -0.39 is 12.0 Å². The van der Waals surface area contributed by atoms with Crippen molar-refractivity contribution in [3.8, 4) is 28.8 Å². The first-order valence-electron chi connectivity index (χ1n) is 9.00. The first-order chi connectivity index (χ1) is 13.5. The molecule has 0 unspecified atom stereocenters. The van der Waals surface area contributed by atoms with Crippen molar-refractivity contribution in [2.45, 2.75) is 38.2 Å². The predicted octanol–water partition coefficient (Wildman–Crippen LogP) is 4.87. The average Bonchev–Trinajstić information content (AvgIpc) is 3.06. The first kappa shape index (κ1) is 18.2. The van der Waals surface area contributed by atoms with Gasteiger partial charge in [0.2, 0.25) is 0 Å². The number of nitrogens with zero attached hydrogens (tertiary/aromatic N) is 3. The topological polar surface area (TPSA) is 59.5 Å². The van der Waals surface area contributed by atoms with Crippen LogP contribution in [0, 0.1) is 18.3 Å². The van der Waals surface area contributed by atoms with Gasteiger partial charge in [0.15, 0.2) is 0 Å². The predicted molar refractivity (Wildman–Crippen MR) is 99.7 cm³/mol. The molecule has 1 saturated carbocycles. The standard InChI is InChI=1S/C21H19F2N3O2/c1-13-17(27-2)8-14(9-18(13)28-20(22)23)16-11-25-19-10-15(4-7-26(16)19)21(12-24)5-3-6-21/h4,7-11,20H,3,5-6H2,1-2H3. The van der Waals surface area contributed by atoms with Crippen LogP contribution in [0.2, 0.25) is 0 Å². The molecule has 2 heterocycles. The van der Waals surface area contributed by atoms with Crippen LogP contribution in [-0.2, 0) is 5.41 Å². The molecule has 28 heavy (non-hydrogen) atoms. The molecule has 0 bridgehead atoms. The molecule has 4 rings (SSSR count). The van der Waals surface area contributed by atoms with Crippen LogP contribution in [0.25, 0.3) is 16.9 Å². The molecule has 0 aliphatic heterocycles. The van der Waals surface area contributed by atoms with E-state index in [9.17, 15) is 14.0 Å². The summed E-state index contributed by atoms with van der Waals surface area (Å²) in [4.78, 5) is 4.45. The van der Waals surface area contributed by atoms with Crippen molar-refractivity contribution in [3.63, 3.8) is 0 Å². The molecule has 0 N–H and O–H groups in total. The zero-order valence-electron chi connectivity index (χ0n) is 15.6. The van der Waals surface area contributed by atoms with E-state index in [0.29, 0.717) is 22.5 Å². The van der Waals surface area contributed by atoms with Crippen LogP contribution in [0.1, 0.15) is 30.4 Å². The van der Waals surface area contributed by atoms with E-state index in [2.05, 4.69) is 15.8 Å². The molecule has 0 radical (unpaired) electrons. The number of hydrogen-bond donors (Lipinski definition) is 0. The molecule has 3 aromatic rings.